The largest absolute Gasteiger partial charge is 0.350 e. The molecule has 0 aliphatic carbocycles. The van der Waals surface area contributed by atoms with Gasteiger partial charge < -0.3 is 9.88 Å². The Hall–Kier alpha value is -2.71. The van der Waals surface area contributed by atoms with Crippen LogP contribution in [-0.2, 0) is 28.3 Å². The standard InChI is InChI=1S/C23H30N4O3S/c1-15-7-8-16(2)19(13-15)17(3)24-23(28)12-11-22-25-20-14-18(31(29,30)26(4)5)9-10-21(20)27(22)6/h7-10,13-14,17H,11-12H2,1-6H3,(H,24,28). The lowest BCUT2D eigenvalue weighted by molar-refractivity contribution is -0.121. The molecule has 0 fully saturated rings. The summed E-state index contributed by atoms with van der Waals surface area (Å²) in [4.78, 5) is 17.3. The number of nitrogens with one attached hydrogen (secondary N) is 1. The number of aromatic nitrogens is 2. The van der Waals surface area contributed by atoms with E-state index in [0.29, 0.717) is 18.4 Å². The Morgan fingerprint density at radius 3 is 2.55 bits per heavy atom. The summed E-state index contributed by atoms with van der Waals surface area (Å²) < 4.78 is 27.9. The van der Waals surface area contributed by atoms with Gasteiger partial charge in [0.25, 0.3) is 0 Å². The summed E-state index contributed by atoms with van der Waals surface area (Å²) >= 11 is 0. The number of hydrogen-bond acceptors (Lipinski definition) is 4. The van der Waals surface area contributed by atoms with Crippen molar-refractivity contribution in [1.29, 1.82) is 0 Å². The minimum atomic E-state index is -3.52. The number of amides is 1. The van der Waals surface area contributed by atoms with E-state index in [-0.39, 0.29) is 16.8 Å². The number of fused-ring (bicyclic) bond motifs is 1. The molecule has 0 saturated carbocycles. The minimum absolute atomic E-state index is 0.0451. The topological polar surface area (TPSA) is 84.3 Å². The molecule has 1 heterocycles. The van der Waals surface area contributed by atoms with Crippen molar-refractivity contribution in [2.24, 2.45) is 7.05 Å². The van der Waals surface area contributed by atoms with Crippen LogP contribution >= 0.6 is 0 Å². The number of aryl methyl sites for hydroxylation is 4. The summed E-state index contributed by atoms with van der Waals surface area (Å²) in [7, 11) is 1.35. The van der Waals surface area contributed by atoms with Crippen LogP contribution in [0.15, 0.2) is 41.3 Å². The predicted octanol–water partition coefficient (Wildman–Crippen LogP) is 3.25. The number of nitrogens with zero attached hydrogens (tertiary/aromatic N) is 3. The van der Waals surface area contributed by atoms with Crippen molar-refractivity contribution in [3.05, 3.63) is 58.9 Å². The molecule has 3 rings (SSSR count). The van der Waals surface area contributed by atoms with Gasteiger partial charge in [-0.25, -0.2) is 17.7 Å². The molecule has 31 heavy (non-hydrogen) atoms. The van der Waals surface area contributed by atoms with Crippen LogP contribution in [0.2, 0.25) is 0 Å². The first kappa shape index (κ1) is 23.0. The van der Waals surface area contributed by atoms with Gasteiger partial charge in [-0.3, -0.25) is 4.79 Å². The van der Waals surface area contributed by atoms with Gasteiger partial charge in [-0.1, -0.05) is 23.8 Å². The Labute approximate surface area is 184 Å². The molecular formula is C23H30N4O3S. The summed E-state index contributed by atoms with van der Waals surface area (Å²) in [5.74, 6) is 0.695. The van der Waals surface area contributed by atoms with Crippen molar-refractivity contribution in [1.82, 2.24) is 19.2 Å². The van der Waals surface area contributed by atoms with Gasteiger partial charge in [-0.2, -0.15) is 0 Å². The number of hydrogen-bond donors (Lipinski definition) is 1. The zero-order valence-electron chi connectivity index (χ0n) is 18.9. The van der Waals surface area contributed by atoms with E-state index < -0.39 is 10.0 Å². The summed E-state index contributed by atoms with van der Waals surface area (Å²) in [5.41, 5.74) is 4.86. The number of carbonyl (C=O) groups excluding carboxylic acids is 1. The second-order valence-corrected chi connectivity index (χ2v) is 10.3. The van der Waals surface area contributed by atoms with Gasteiger partial charge in [0.15, 0.2) is 0 Å². The number of sulfonamides is 1. The normalized spacial score (nSPS) is 13.0. The zero-order valence-corrected chi connectivity index (χ0v) is 19.7. The molecular weight excluding hydrogens is 412 g/mol. The molecule has 7 nitrogen and oxygen atoms in total. The fourth-order valence-electron chi connectivity index (χ4n) is 3.67. The quantitative estimate of drug-likeness (QED) is 0.609. The molecule has 8 heteroatoms. The summed E-state index contributed by atoms with van der Waals surface area (Å²) in [5, 5.41) is 3.07. The monoisotopic (exact) mass is 442 g/mol. The lowest BCUT2D eigenvalue weighted by atomic mass is 10.00. The third-order valence-corrected chi connectivity index (χ3v) is 7.39. The third kappa shape index (κ3) is 4.80. The first-order valence-corrected chi connectivity index (χ1v) is 11.7. The van der Waals surface area contributed by atoms with Crippen molar-refractivity contribution in [3.63, 3.8) is 0 Å². The van der Waals surface area contributed by atoms with Crippen LogP contribution in [0, 0.1) is 13.8 Å². The molecule has 0 saturated heterocycles. The Balaban J connectivity index is 1.72. The van der Waals surface area contributed by atoms with Gasteiger partial charge in [0.2, 0.25) is 15.9 Å². The van der Waals surface area contributed by atoms with Crippen molar-refractivity contribution in [2.75, 3.05) is 14.1 Å². The van der Waals surface area contributed by atoms with Crippen molar-refractivity contribution in [2.45, 2.75) is 44.6 Å². The first-order chi connectivity index (χ1) is 14.5. The molecule has 0 aliphatic rings. The van der Waals surface area contributed by atoms with E-state index in [4.69, 9.17) is 0 Å². The third-order valence-electron chi connectivity index (χ3n) is 5.58. The fraction of sp³-hybridized carbons (Fsp3) is 0.391. The van der Waals surface area contributed by atoms with Crippen LogP contribution in [0.3, 0.4) is 0 Å². The highest BCUT2D eigenvalue weighted by Crippen LogP contribution is 2.22. The fourth-order valence-corrected chi connectivity index (χ4v) is 4.59. The van der Waals surface area contributed by atoms with Crippen LogP contribution in [-0.4, -0.2) is 42.3 Å². The van der Waals surface area contributed by atoms with Crippen LogP contribution in [0.5, 0.6) is 0 Å². The van der Waals surface area contributed by atoms with Gasteiger partial charge in [-0.05, 0) is 50.1 Å². The van der Waals surface area contributed by atoms with Crippen LogP contribution in [0.25, 0.3) is 11.0 Å². The molecule has 0 bridgehead atoms. The Bertz CT molecular complexity index is 1230. The van der Waals surface area contributed by atoms with E-state index in [9.17, 15) is 13.2 Å². The number of benzene rings is 2. The maximum atomic E-state index is 12.6. The molecule has 0 radical (unpaired) electrons. The van der Waals surface area contributed by atoms with Crippen LogP contribution < -0.4 is 5.32 Å². The maximum Gasteiger partial charge on any atom is 0.242 e. The average Bonchev–Trinajstić information content (AvgIpc) is 3.03. The second kappa shape index (κ2) is 8.80. The molecule has 1 aromatic heterocycles. The molecule has 3 aromatic rings. The van der Waals surface area contributed by atoms with Crippen molar-refractivity contribution >= 4 is 27.0 Å². The molecule has 0 spiro atoms. The molecule has 0 aliphatic heterocycles. The smallest absolute Gasteiger partial charge is 0.242 e. The molecule has 1 atom stereocenters. The zero-order chi connectivity index (χ0) is 22.9. The van der Waals surface area contributed by atoms with Gasteiger partial charge in [0.05, 0.1) is 22.0 Å². The number of carbonyl (C=O) groups is 1. The average molecular weight is 443 g/mol. The minimum Gasteiger partial charge on any atom is -0.350 e. The molecule has 1 unspecified atom stereocenters. The van der Waals surface area contributed by atoms with Crippen LogP contribution in [0.4, 0.5) is 0 Å². The summed E-state index contributed by atoms with van der Waals surface area (Å²) in [6, 6.07) is 11.1. The van der Waals surface area contributed by atoms with E-state index in [1.54, 1.807) is 18.2 Å². The van der Waals surface area contributed by atoms with Gasteiger partial charge in [0.1, 0.15) is 5.82 Å². The van der Waals surface area contributed by atoms with E-state index >= 15 is 0 Å². The van der Waals surface area contributed by atoms with E-state index in [1.807, 2.05) is 32.4 Å². The highest BCUT2D eigenvalue weighted by Gasteiger charge is 2.19. The molecule has 1 amide bonds. The van der Waals surface area contributed by atoms with Crippen LogP contribution in [0.1, 0.15) is 41.9 Å². The summed E-state index contributed by atoms with van der Waals surface area (Å²) in [6.45, 7) is 6.07. The lowest BCUT2D eigenvalue weighted by Crippen LogP contribution is -2.27. The number of imidazole rings is 1. The highest BCUT2D eigenvalue weighted by molar-refractivity contribution is 7.89. The second-order valence-electron chi connectivity index (χ2n) is 8.17. The maximum absolute atomic E-state index is 12.6. The first-order valence-electron chi connectivity index (χ1n) is 10.2. The molecule has 166 valence electrons. The summed E-state index contributed by atoms with van der Waals surface area (Å²) in [6.07, 6.45) is 0.765. The molecule has 2 aromatic carbocycles. The van der Waals surface area contributed by atoms with E-state index in [1.165, 1.54) is 18.4 Å². The number of rotatable bonds is 7. The van der Waals surface area contributed by atoms with Gasteiger partial charge >= 0.3 is 0 Å². The highest BCUT2D eigenvalue weighted by atomic mass is 32.2. The Morgan fingerprint density at radius 2 is 1.87 bits per heavy atom. The van der Waals surface area contributed by atoms with E-state index in [2.05, 4.69) is 28.5 Å². The van der Waals surface area contributed by atoms with Gasteiger partial charge in [0, 0.05) is 34.0 Å². The SMILES string of the molecule is Cc1ccc(C)c(C(C)NC(=O)CCc2nc3cc(S(=O)(=O)N(C)C)ccc3n2C)c1. The Morgan fingerprint density at radius 1 is 1.16 bits per heavy atom. The lowest BCUT2D eigenvalue weighted by Gasteiger charge is -2.17. The predicted molar refractivity (Wildman–Crippen MR) is 122 cm³/mol. The van der Waals surface area contributed by atoms with E-state index in [0.717, 1.165) is 28.0 Å². The van der Waals surface area contributed by atoms with Gasteiger partial charge in [-0.15, -0.1) is 0 Å². The van der Waals surface area contributed by atoms with Crippen molar-refractivity contribution < 1.29 is 13.2 Å². The molecule has 1 N–H and O–H groups in total. The Kier molecular flexibility index (Phi) is 6.52. The van der Waals surface area contributed by atoms with Crippen molar-refractivity contribution in [3.8, 4) is 0 Å².